The standard InChI is InChI=1S/C31H36O2Si2/c1-26(2)32-34(28-17-9-5-10-18-28,29-19-11-6-12-20-29)25-35(33-27(3)4,30-21-13-7-14-22-30)31-23-15-8-16-24-31/h5-24,26-27H,25H2,1-4H3. The fourth-order valence-electron chi connectivity index (χ4n) is 5.08. The highest BCUT2D eigenvalue weighted by atomic mass is 28.4. The van der Waals surface area contributed by atoms with E-state index in [4.69, 9.17) is 8.85 Å². The van der Waals surface area contributed by atoms with Crippen LogP contribution >= 0.6 is 0 Å². The molecule has 0 aliphatic carbocycles. The van der Waals surface area contributed by atoms with Crippen molar-refractivity contribution in [3.05, 3.63) is 121 Å². The van der Waals surface area contributed by atoms with Crippen molar-refractivity contribution in [2.24, 2.45) is 0 Å². The number of benzene rings is 4. The Hall–Kier alpha value is -2.77. The van der Waals surface area contributed by atoms with Gasteiger partial charge in [-0.1, -0.05) is 121 Å². The summed E-state index contributed by atoms with van der Waals surface area (Å²) in [5, 5.41) is 5.15. The molecule has 4 heteroatoms. The molecule has 0 saturated carbocycles. The van der Waals surface area contributed by atoms with E-state index >= 15 is 0 Å². The van der Waals surface area contributed by atoms with Crippen LogP contribution in [0.5, 0.6) is 0 Å². The lowest BCUT2D eigenvalue weighted by Crippen LogP contribution is -2.73. The van der Waals surface area contributed by atoms with Gasteiger partial charge in [0.05, 0.1) is 0 Å². The van der Waals surface area contributed by atoms with Crippen LogP contribution < -0.4 is 20.7 Å². The Bertz CT molecular complexity index is 990. The SMILES string of the molecule is CC(C)O[Si](C[Si](OC(C)C)(c1ccccc1)c1ccccc1)(c1ccccc1)c1ccccc1. The number of hydrogen-bond donors (Lipinski definition) is 0. The van der Waals surface area contributed by atoms with E-state index in [-0.39, 0.29) is 12.2 Å². The third-order valence-electron chi connectivity index (χ3n) is 6.33. The summed E-state index contributed by atoms with van der Waals surface area (Å²) >= 11 is 0. The lowest BCUT2D eigenvalue weighted by molar-refractivity contribution is 0.228. The van der Waals surface area contributed by atoms with Crippen LogP contribution in [0.3, 0.4) is 0 Å². The molecular weight excluding hydrogens is 461 g/mol. The molecular formula is C31H36O2Si2. The van der Waals surface area contributed by atoms with Crippen LogP contribution in [0.25, 0.3) is 0 Å². The average molecular weight is 497 g/mol. The molecule has 0 atom stereocenters. The summed E-state index contributed by atoms with van der Waals surface area (Å²) < 4.78 is 14.4. The molecule has 0 aliphatic heterocycles. The summed E-state index contributed by atoms with van der Waals surface area (Å²) in [6.07, 6.45) is 0.166. The first-order valence-electron chi connectivity index (χ1n) is 12.5. The minimum absolute atomic E-state index is 0.0828. The summed E-state index contributed by atoms with van der Waals surface area (Å²) in [6.45, 7) is 8.63. The van der Waals surface area contributed by atoms with Crippen LogP contribution in [0.4, 0.5) is 0 Å². The number of hydrogen-bond acceptors (Lipinski definition) is 2. The van der Waals surface area contributed by atoms with E-state index in [0.717, 1.165) is 5.67 Å². The predicted molar refractivity (Wildman–Crippen MR) is 153 cm³/mol. The zero-order valence-electron chi connectivity index (χ0n) is 21.2. The first kappa shape index (κ1) is 25.3. The minimum Gasteiger partial charge on any atom is -0.406 e. The summed E-state index contributed by atoms with van der Waals surface area (Å²) in [5.41, 5.74) is 0.860. The molecule has 0 bridgehead atoms. The normalized spacial score (nSPS) is 12.3. The second-order valence-electron chi connectivity index (χ2n) is 9.63. The lowest BCUT2D eigenvalue weighted by Gasteiger charge is -2.43. The smallest absolute Gasteiger partial charge is 0.256 e. The first-order valence-corrected chi connectivity index (χ1v) is 16.8. The van der Waals surface area contributed by atoms with E-state index in [9.17, 15) is 0 Å². The molecule has 4 aromatic rings. The van der Waals surface area contributed by atoms with Gasteiger partial charge in [0, 0.05) is 17.9 Å². The Balaban J connectivity index is 2.05. The highest BCUT2D eigenvalue weighted by Crippen LogP contribution is 2.26. The van der Waals surface area contributed by atoms with Crippen molar-refractivity contribution in [3.63, 3.8) is 0 Å². The van der Waals surface area contributed by atoms with Gasteiger partial charge in [-0.15, -0.1) is 0 Å². The van der Waals surface area contributed by atoms with Crippen molar-refractivity contribution in [1.82, 2.24) is 0 Å². The molecule has 0 spiro atoms. The average Bonchev–Trinajstić information content (AvgIpc) is 2.89. The van der Waals surface area contributed by atoms with Gasteiger partial charge in [-0.2, -0.15) is 0 Å². The van der Waals surface area contributed by atoms with E-state index in [1.165, 1.54) is 20.7 Å². The third-order valence-corrected chi connectivity index (χ3v) is 17.1. The van der Waals surface area contributed by atoms with E-state index in [2.05, 4.69) is 149 Å². The molecule has 0 amide bonds. The molecule has 180 valence electrons. The molecule has 35 heavy (non-hydrogen) atoms. The minimum atomic E-state index is -2.74. The highest BCUT2D eigenvalue weighted by molar-refractivity contribution is 7.13. The van der Waals surface area contributed by atoms with Gasteiger partial charge in [0.1, 0.15) is 0 Å². The zero-order chi connectivity index (χ0) is 24.7. The molecule has 0 N–H and O–H groups in total. The van der Waals surface area contributed by atoms with Crippen molar-refractivity contribution in [2.45, 2.75) is 45.6 Å². The third kappa shape index (κ3) is 5.57. The maximum atomic E-state index is 7.18. The Kier molecular flexibility index (Phi) is 8.19. The Morgan fingerprint density at radius 3 is 0.857 bits per heavy atom. The Morgan fingerprint density at radius 2 is 0.657 bits per heavy atom. The van der Waals surface area contributed by atoms with Crippen molar-refractivity contribution in [3.8, 4) is 0 Å². The molecule has 0 aromatic heterocycles. The number of rotatable bonds is 10. The molecule has 0 fully saturated rings. The van der Waals surface area contributed by atoms with Gasteiger partial charge in [-0.05, 0) is 48.4 Å². The fourth-order valence-corrected chi connectivity index (χ4v) is 17.6. The highest BCUT2D eigenvalue weighted by Gasteiger charge is 2.53. The quantitative estimate of drug-likeness (QED) is 0.291. The van der Waals surface area contributed by atoms with E-state index in [0.29, 0.717) is 0 Å². The molecule has 0 heterocycles. The van der Waals surface area contributed by atoms with Crippen molar-refractivity contribution >= 4 is 37.4 Å². The molecule has 0 unspecified atom stereocenters. The van der Waals surface area contributed by atoms with Crippen molar-refractivity contribution in [2.75, 3.05) is 0 Å². The Labute approximate surface area is 212 Å². The molecule has 4 aromatic carbocycles. The second kappa shape index (κ2) is 11.3. The van der Waals surface area contributed by atoms with E-state index in [1.807, 2.05) is 0 Å². The van der Waals surface area contributed by atoms with Crippen molar-refractivity contribution in [1.29, 1.82) is 0 Å². The monoisotopic (exact) mass is 496 g/mol. The maximum Gasteiger partial charge on any atom is 0.256 e. The topological polar surface area (TPSA) is 18.5 Å². The van der Waals surface area contributed by atoms with Crippen LogP contribution in [-0.4, -0.2) is 28.8 Å². The molecule has 4 rings (SSSR count). The van der Waals surface area contributed by atoms with Gasteiger partial charge < -0.3 is 8.85 Å². The van der Waals surface area contributed by atoms with Crippen LogP contribution in [-0.2, 0) is 8.85 Å². The second-order valence-corrected chi connectivity index (χ2v) is 17.1. The first-order chi connectivity index (χ1) is 17.0. The summed E-state index contributed by atoms with van der Waals surface area (Å²) in [7, 11) is -5.48. The van der Waals surface area contributed by atoms with Gasteiger partial charge >= 0.3 is 0 Å². The van der Waals surface area contributed by atoms with Crippen molar-refractivity contribution < 1.29 is 8.85 Å². The molecule has 0 aliphatic rings. The van der Waals surface area contributed by atoms with Gasteiger partial charge in [0.25, 0.3) is 16.6 Å². The fraction of sp³-hybridized carbons (Fsp3) is 0.226. The molecule has 0 radical (unpaired) electrons. The van der Waals surface area contributed by atoms with Gasteiger partial charge in [0.2, 0.25) is 0 Å². The molecule has 2 nitrogen and oxygen atoms in total. The van der Waals surface area contributed by atoms with Crippen LogP contribution in [0.15, 0.2) is 121 Å². The van der Waals surface area contributed by atoms with E-state index < -0.39 is 16.6 Å². The zero-order valence-corrected chi connectivity index (χ0v) is 23.2. The largest absolute Gasteiger partial charge is 0.406 e. The molecule has 0 saturated heterocycles. The summed E-state index contributed by atoms with van der Waals surface area (Å²) in [6, 6.07) is 43.5. The summed E-state index contributed by atoms with van der Waals surface area (Å²) in [4.78, 5) is 0. The van der Waals surface area contributed by atoms with Gasteiger partial charge in [-0.25, -0.2) is 0 Å². The predicted octanol–water partition coefficient (Wildman–Crippen LogP) is 4.90. The van der Waals surface area contributed by atoms with Gasteiger partial charge in [0.15, 0.2) is 0 Å². The Morgan fingerprint density at radius 1 is 0.429 bits per heavy atom. The van der Waals surface area contributed by atoms with Crippen LogP contribution in [0, 0.1) is 0 Å². The van der Waals surface area contributed by atoms with Gasteiger partial charge in [-0.3, -0.25) is 0 Å². The van der Waals surface area contributed by atoms with E-state index in [1.54, 1.807) is 0 Å². The maximum absolute atomic E-state index is 7.18. The lowest BCUT2D eigenvalue weighted by atomic mass is 10.4. The van der Waals surface area contributed by atoms with Crippen LogP contribution in [0.1, 0.15) is 27.7 Å². The van der Waals surface area contributed by atoms with Crippen LogP contribution in [0.2, 0.25) is 5.67 Å². The summed E-state index contributed by atoms with van der Waals surface area (Å²) in [5.74, 6) is 0.